The van der Waals surface area contributed by atoms with Gasteiger partial charge in [0.25, 0.3) is 0 Å². The zero-order valence-corrected chi connectivity index (χ0v) is 10.5. The Bertz CT molecular complexity index is 310. The van der Waals surface area contributed by atoms with E-state index in [1.54, 1.807) is 0 Å². The second-order valence-corrected chi connectivity index (χ2v) is 4.33. The van der Waals surface area contributed by atoms with Gasteiger partial charge in [0.15, 0.2) is 0 Å². The van der Waals surface area contributed by atoms with E-state index in [4.69, 9.17) is 10.5 Å². The zero-order valence-electron chi connectivity index (χ0n) is 10.5. The lowest BCUT2D eigenvalue weighted by molar-refractivity contribution is 0.116. The maximum absolute atomic E-state index is 5.66. The van der Waals surface area contributed by atoms with Crippen molar-refractivity contribution in [1.29, 1.82) is 0 Å². The molecule has 0 fully saturated rings. The Hall–Kier alpha value is -0.860. The summed E-state index contributed by atoms with van der Waals surface area (Å²) in [6.45, 7) is 6.61. The van der Waals surface area contributed by atoms with Crippen LogP contribution < -0.4 is 5.73 Å². The van der Waals surface area contributed by atoms with Crippen molar-refractivity contribution in [2.45, 2.75) is 39.7 Å². The van der Waals surface area contributed by atoms with Gasteiger partial charge in [-0.15, -0.1) is 0 Å². The summed E-state index contributed by atoms with van der Waals surface area (Å²) in [6, 6.07) is 6.50. The van der Waals surface area contributed by atoms with E-state index >= 15 is 0 Å². The molecule has 1 aromatic carbocycles. The van der Waals surface area contributed by atoms with Crippen molar-refractivity contribution in [3.63, 3.8) is 0 Å². The Labute approximate surface area is 98.8 Å². The summed E-state index contributed by atoms with van der Waals surface area (Å²) in [7, 11) is 0. The minimum absolute atomic E-state index is 0.732. The molecule has 2 nitrogen and oxygen atoms in total. The smallest absolute Gasteiger partial charge is 0.0719 e. The molecule has 0 saturated heterocycles. The van der Waals surface area contributed by atoms with Crippen molar-refractivity contribution in [2.75, 3.05) is 13.2 Å². The second kappa shape index (κ2) is 7.42. The van der Waals surface area contributed by atoms with E-state index in [0.717, 1.165) is 32.6 Å². The molecule has 0 atom stereocenters. The molecular formula is C14H23NO. The fourth-order valence-electron chi connectivity index (χ4n) is 1.66. The van der Waals surface area contributed by atoms with Crippen LogP contribution in [-0.4, -0.2) is 13.2 Å². The number of rotatable bonds is 7. The molecule has 0 unspecified atom stereocenters. The first kappa shape index (κ1) is 13.2. The zero-order chi connectivity index (χ0) is 11.8. The summed E-state index contributed by atoms with van der Waals surface area (Å²) in [4.78, 5) is 0. The molecule has 1 aromatic rings. The first-order valence-electron chi connectivity index (χ1n) is 6.08. The molecule has 0 aliphatic rings. The van der Waals surface area contributed by atoms with Crippen molar-refractivity contribution in [3.8, 4) is 0 Å². The number of nitrogens with two attached hydrogens (primary N) is 1. The molecule has 0 aromatic heterocycles. The number of unbranched alkanes of at least 4 members (excludes halogenated alkanes) is 2. The molecule has 0 amide bonds. The predicted octanol–water partition coefficient (Wildman–Crippen LogP) is 2.95. The number of ether oxygens (including phenoxy) is 1. The van der Waals surface area contributed by atoms with Crippen LogP contribution in [0.2, 0.25) is 0 Å². The summed E-state index contributed by atoms with van der Waals surface area (Å²) >= 11 is 0. The van der Waals surface area contributed by atoms with E-state index in [2.05, 4.69) is 32.0 Å². The molecule has 0 radical (unpaired) electrons. The van der Waals surface area contributed by atoms with E-state index in [1.807, 2.05) is 0 Å². The highest BCUT2D eigenvalue weighted by molar-refractivity contribution is 5.29. The van der Waals surface area contributed by atoms with Crippen LogP contribution in [0.4, 0.5) is 0 Å². The number of hydrogen-bond donors (Lipinski definition) is 1. The highest BCUT2D eigenvalue weighted by Gasteiger charge is 1.98. The lowest BCUT2D eigenvalue weighted by Crippen LogP contribution is -2.01. The lowest BCUT2D eigenvalue weighted by Gasteiger charge is -2.08. The molecule has 0 saturated carbocycles. The minimum atomic E-state index is 0.732. The highest BCUT2D eigenvalue weighted by Crippen LogP contribution is 2.12. The van der Waals surface area contributed by atoms with Gasteiger partial charge in [0.1, 0.15) is 0 Å². The van der Waals surface area contributed by atoms with Crippen LogP contribution >= 0.6 is 0 Å². The monoisotopic (exact) mass is 221 g/mol. The maximum Gasteiger partial charge on any atom is 0.0719 e. The molecule has 0 aliphatic heterocycles. The van der Waals surface area contributed by atoms with E-state index in [9.17, 15) is 0 Å². The number of aryl methyl sites for hydroxylation is 2. The van der Waals surface area contributed by atoms with Gasteiger partial charge in [-0.2, -0.15) is 0 Å². The van der Waals surface area contributed by atoms with Gasteiger partial charge in [-0.05, 0) is 50.8 Å². The molecule has 16 heavy (non-hydrogen) atoms. The molecule has 1 rings (SSSR count). The summed E-state index contributed by atoms with van der Waals surface area (Å²) in [5.74, 6) is 0. The molecule has 0 aliphatic carbocycles. The normalized spacial score (nSPS) is 10.7. The molecule has 0 heterocycles. The molecule has 0 spiro atoms. The molecule has 2 heteroatoms. The largest absolute Gasteiger partial charge is 0.377 e. The van der Waals surface area contributed by atoms with Gasteiger partial charge in [-0.1, -0.05) is 23.8 Å². The van der Waals surface area contributed by atoms with E-state index in [-0.39, 0.29) is 0 Å². The van der Waals surface area contributed by atoms with Gasteiger partial charge in [0.2, 0.25) is 0 Å². The fourth-order valence-corrected chi connectivity index (χ4v) is 1.66. The van der Waals surface area contributed by atoms with E-state index in [0.29, 0.717) is 0 Å². The third-order valence-electron chi connectivity index (χ3n) is 2.75. The van der Waals surface area contributed by atoms with Crippen molar-refractivity contribution < 1.29 is 4.74 Å². The Kier molecular flexibility index (Phi) is 6.12. The van der Waals surface area contributed by atoms with Crippen molar-refractivity contribution in [2.24, 2.45) is 5.73 Å². The van der Waals surface area contributed by atoms with Crippen LogP contribution in [0, 0.1) is 13.8 Å². The van der Waals surface area contributed by atoms with Crippen molar-refractivity contribution >= 4 is 0 Å². The Morgan fingerprint density at radius 2 is 1.94 bits per heavy atom. The second-order valence-electron chi connectivity index (χ2n) is 4.33. The fraction of sp³-hybridized carbons (Fsp3) is 0.571. The third-order valence-corrected chi connectivity index (χ3v) is 2.75. The summed E-state index contributed by atoms with van der Waals surface area (Å²) in [5.41, 5.74) is 9.35. The molecule has 90 valence electrons. The van der Waals surface area contributed by atoms with Crippen LogP contribution in [0.5, 0.6) is 0 Å². The van der Waals surface area contributed by atoms with Gasteiger partial charge in [-0.25, -0.2) is 0 Å². The first-order valence-corrected chi connectivity index (χ1v) is 6.08. The van der Waals surface area contributed by atoms with Crippen molar-refractivity contribution in [3.05, 3.63) is 34.9 Å². The van der Waals surface area contributed by atoms with Crippen LogP contribution in [0.25, 0.3) is 0 Å². The maximum atomic E-state index is 5.66. The molecule has 0 bridgehead atoms. The Balaban J connectivity index is 2.23. The van der Waals surface area contributed by atoms with Gasteiger partial charge < -0.3 is 10.5 Å². The van der Waals surface area contributed by atoms with Crippen molar-refractivity contribution in [1.82, 2.24) is 0 Å². The van der Waals surface area contributed by atoms with Gasteiger partial charge in [-0.3, -0.25) is 0 Å². The quantitative estimate of drug-likeness (QED) is 0.718. The molecule has 2 N–H and O–H groups in total. The van der Waals surface area contributed by atoms with E-state index in [1.165, 1.54) is 23.1 Å². The number of hydrogen-bond acceptors (Lipinski definition) is 2. The van der Waals surface area contributed by atoms with Gasteiger partial charge in [0, 0.05) is 6.61 Å². The summed E-state index contributed by atoms with van der Waals surface area (Å²) in [5, 5.41) is 0. The molecular weight excluding hydrogens is 198 g/mol. The predicted molar refractivity (Wildman–Crippen MR) is 68.5 cm³/mol. The van der Waals surface area contributed by atoms with Crippen LogP contribution in [0.1, 0.15) is 36.0 Å². The Morgan fingerprint density at radius 3 is 2.69 bits per heavy atom. The standard InChI is InChI=1S/C14H23NO/c1-12-6-7-13(2)14(10-12)11-16-9-5-3-4-8-15/h6-7,10H,3-5,8-9,11,15H2,1-2H3. The van der Waals surface area contributed by atoms with Gasteiger partial charge in [0.05, 0.1) is 6.61 Å². The van der Waals surface area contributed by atoms with Crippen LogP contribution in [0.15, 0.2) is 18.2 Å². The topological polar surface area (TPSA) is 35.2 Å². The average molecular weight is 221 g/mol. The van der Waals surface area contributed by atoms with E-state index < -0.39 is 0 Å². The third kappa shape index (κ3) is 4.77. The number of benzene rings is 1. The van der Waals surface area contributed by atoms with Gasteiger partial charge >= 0.3 is 0 Å². The van der Waals surface area contributed by atoms with Crippen LogP contribution in [-0.2, 0) is 11.3 Å². The summed E-state index contributed by atoms with van der Waals surface area (Å²) < 4.78 is 5.66. The highest BCUT2D eigenvalue weighted by atomic mass is 16.5. The first-order chi connectivity index (χ1) is 7.74. The minimum Gasteiger partial charge on any atom is -0.377 e. The Morgan fingerprint density at radius 1 is 1.12 bits per heavy atom. The average Bonchev–Trinajstić information content (AvgIpc) is 2.28. The van der Waals surface area contributed by atoms with Crippen LogP contribution in [0.3, 0.4) is 0 Å². The SMILES string of the molecule is Cc1ccc(C)c(COCCCCCN)c1. The lowest BCUT2D eigenvalue weighted by atomic mass is 10.1. The summed E-state index contributed by atoms with van der Waals surface area (Å²) in [6.07, 6.45) is 3.39.